The van der Waals surface area contributed by atoms with Gasteiger partial charge in [-0.15, -0.1) is 0 Å². The molecule has 5 nitrogen and oxygen atoms in total. The fourth-order valence-electron chi connectivity index (χ4n) is 1.33. The van der Waals surface area contributed by atoms with Gasteiger partial charge >= 0.3 is 0 Å². The number of pyridine rings is 2. The van der Waals surface area contributed by atoms with Crippen LogP contribution in [0, 0.1) is 0 Å². The molecular weight excluding hydrogens is 230 g/mol. The van der Waals surface area contributed by atoms with Gasteiger partial charge in [0.15, 0.2) is 0 Å². The lowest BCUT2D eigenvalue weighted by Gasteiger charge is -1.99. The summed E-state index contributed by atoms with van der Waals surface area (Å²) in [5.74, 6) is 1.26. The highest BCUT2D eigenvalue weighted by Gasteiger charge is 1.95. The minimum Gasteiger partial charge on any atom is -0.495 e. The topological polar surface area (TPSA) is 56.6 Å². The van der Waals surface area contributed by atoms with Crippen LogP contribution in [-0.2, 0) is 0 Å². The van der Waals surface area contributed by atoms with Crippen molar-refractivity contribution < 1.29 is 9.47 Å². The van der Waals surface area contributed by atoms with Gasteiger partial charge in [-0.3, -0.25) is 9.98 Å². The molecule has 2 heterocycles. The van der Waals surface area contributed by atoms with Crippen molar-refractivity contribution in [2.24, 2.45) is 4.99 Å². The van der Waals surface area contributed by atoms with Gasteiger partial charge in [0, 0.05) is 30.1 Å². The third-order valence-corrected chi connectivity index (χ3v) is 2.27. The van der Waals surface area contributed by atoms with E-state index in [-0.39, 0.29) is 0 Å². The molecule has 0 saturated carbocycles. The van der Waals surface area contributed by atoms with Crippen LogP contribution in [-0.4, -0.2) is 30.4 Å². The third kappa shape index (κ3) is 3.04. The monoisotopic (exact) mass is 243 g/mol. The normalized spacial score (nSPS) is 10.6. The Labute approximate surface area is 105 Å². The summed E-state index contributed by atoms with van der Waals surface area (Å²) in [4.78, 5) is 12.4. The Balaban J connectivity index is 2.13. The smallest absolute Gasteiger partial charge is 0.212 e. The number of rotatable bonds is 4. The van der Waals surface area contributed by atoms with Crippen LogP contribution in [0.5, 0.6) is 11.6 Å². The van der Waals surface area contributed by atoms with E-state index in [0.29, 0.717) is 11.6 Å². The van der Waals surface area contributed by atoms with Crippen molar-refractivity contribution in [1.82, 2.24) is 9.97 Å². The lowest BCUT2D eigenvalue weighted by molar-refractivity contribution is 0.398. The fourth-order valence-corrected chi connectivity index (χ4v) is 1.33. The molecular formula is C13H13N3O2. The Hall–Kier alpha value is -2.43. The number of hydrogen-bond donors (Lipinski definition) is 0. The number of methoxy groups -OCH3 is 2. The summed E-state index contributed by atoms with van der Waals surface area (Å²) < 4.78 is 10.1. The van der Waals surface area contributed by atoms with Crippen molar-refractivity contribution in [1.29, 1.82) is 0 Å². The van der Waals surface area contributed by atoms with Gasteiger partial charge in [-0.25, -0.2) is 4.98 Å². The quantitative estimate of drug-likeness (QED) is 0.773. The van der Waals surface area contributed by atoms with Crippen molar-refractivity contribution >= 4 is 11.9 Å². The first-order valence-corrected chi connectivity index (χ1v) is 5.35. The molecule has 0 aromatic carbocycles. The Bertz CT molecular complexity index is 538. The zero-order valence-electron chi connectivity index (χ0n) is 10.2. The van der Waals surface area contributed by atoms with Crippen LogP contribution in [0.4, 0.5) is 5.69 Å². The molecule has 2 rings (SSSR count). The van der Waals surface area contributed by atoms with Crippen molar-refractivity contribution in [2.75, 3.05) is 14.2 Å². The molecule has 0 saturated heterocycles. The lowest BCUT2D eigenvalue weighted by atomic mass is 10.3. The van der Waals surface area contributed by atoms with Crippen molar-refractivity contribution in [2.45, 2.75) is 0 Å². The number of ether oxygens (including phenoxy) is 2. The van der Waals surface area contributed by atoms with Gasteiger partial charge in [0.1, 0.15) is 5.75 Å². The first-order chi connectivity index (χ1) is 8.81. The molecule has 0 aliphatic heterocycles. The van der Waals surface area contributed by atoms with Crippen LogP contribution < -0.4 is 9.47 Å². The summed E-state index contributed by atoms with van der Waals surface area (Å²) in [6, 6.07) is 5.47. The second-order valence-corrected chi connectivity index (χ2v) is 3.48. The number of nitrogens with zero attached hydrogens (tertiary/aromatic N) is 3. The van der Waals surface area contributed by atoms with Gasteiger partial charge in [0.25, 0.3) is 0 Å². The van der Waals surface area contributed by atoms with E-state index in [0.717, 1.165) is 11.3 Å². The number of aromatic nitrogens is 2. The third-order valence-electron chi connectivity index (χ3n) is 2.27. The zero-order valence-corrected chi connectivity index (χ0v) is 10.2. The summed E-state index contributed by atoms with van der Waals surface area (Å²) in [5, 5.41) is 0. The summed E-state index contributed by atoms with van der Waals surface area (Å²) >= 11 is 0. The van der Waals surface area contributed by atoms with Crippen molar-refractivity contribution in [3.05, 3.63) is 42.4 Å². The molecule has 0 aliphatic carbocycles. The molecule has 0 bridgehead atoms. The molecule has 0 fully saturated rings. The first-order valence-electron chi connectivity index (χ1n) is 5.35. The Morgan fingerprint density at radius 3 is 2.67 bits per heavy atom. The van der Waals surface area contributed by atoms with E-state index < -0.39 is 0 Å². The standard InChI is InChI=1S/C13H13N3O2/c1-17-12-5-11(8-14-9-12)15-6-10-3-4-13(18-2)16-7-10/h3-9H,1-2H3. The molecule has 0 N–H and O–H groups in total. The molecule has 0 atom stereocenters. The van der Waals surface area contributed by atoms with Gasteiger partial charge in [0.2, 0.25) is 5.88 Å². The van der Waals surface area contributed by atoms with Crippen LogP contribution in [0.25, 0.3) is 0 Å². The molecule has 0 amide bonds. The lowest BCUT2D eigenvalue weighted by Crippen LogP contribution is -1.88. The summed E-state index contributed by atoms with van der Waals surface area (Å²) in [6.07, 6.45) is 6.70. The Morgan fingerprint density at radius 2 is 2.00 bits per heavy atom. The van der Waals surface area contributed by atoms with Gasteiger partial charge in [0.05, 0.1) is 32.3 Å². The van der Waals surface area contributed by atoms with Gasteiger partial charge < -0.3 is 9.47 Å². The number of hydrogen-bond acceptors (Lipinski definition) is 5. The zero-order chi connectivity index (χ0) is 12.8. The predicted molar refractivity (Wildman–Crippen MR) is 68.8 cm³/mol. The highest BCUT2D eigenvalue weighted by atomic mass is 16.5. The number of aliphatic imine (C=N–C) groups is 1. The van der Waals surface area contributed by atoms with Gasteiger partial charge in [-0.05, 0) is 6.07 Å². The molecule has 0 aliphatic rings. The maximum Gasteiger partial charge on any atom is 0.212 e. The summed E-state index contributed by atoms with van der Waals surface area (Å²) in [7, 11) is 3.18. The predicted octanol–water partition coefficient (Wildman–Crippen LogP) is 2.24. The van der Waals surface area contributed by atoms with Crippen LogP contribution in [0.15, 0.2) is 41.8 Å². The van der Waals surface area contributed by atoms with E-state index in [4.69, 9.17) is 9.47 Å². The molecule has 0 radical (unpaired) electrons. The Kier molecular flexibility index (Phi) is 3.86. The van der Waals surface area contributed by atoms with Crippen molar-refractivity contribution in [3.63, 3.8) is 0 Å². The van der Waals surface area contributed by atoms with E-state index in [9.17, 15) is 0 Å². The SMILES string of the molecule is COc1cncc(N=Cc2ccc(OC)nc2)c1. The summed E-state index contributed by atoms with van der Waals surface area (Å²) in [5.41, 5.74) is 1.61. The molecule has 92 valence electrons. The highest BCUT2D eigenvalue weighted by molar-refractivity contribution is 5.81. The van der Waals surface area contributed by atoms with E-state index in [2.05, 4.69) is 15.0 Å². The van der Waals surface area contributed by atoms with Crippen LogP contribution in [0.3, 0.4) is 0 Å². The summed E-state index contributed by atoms with van der Waals surface area (Å²) in [6.45, 7) is 0. The molecule has 0 spiro atoms. The minimum absolute atomic E-state index is 0.579. The maximum atomic E-state index is 5.07. The molecule has 0 unspecified atom stereocenters. The maximum absolute atomic E-state index is 5.07. The molecule has 18 heavy (non-hydrogen) atoms. The second kappa shape index (κ2) is 5.77. The Morgan fingerprint density at radius 1 is 1.11 bits per heavy atom. The largest absolute Gasteiger partial charge is 0.495 e. The van der Waals surface area contributed by atoms with Crippen LogP contribution in [0.1, 0.15) is 5.56 Å². The average molecular weight is 243 g/mol. The molecule has 2 aromatic rings. The van der Waals surface area contributed by atoms with E-state index in [1.807, 2.05) is 6.07 Å². The van der Waals surface area contributed by atoms with E-state index >= 15 is 0 Å². The van der Waals surface area contributed by atoms with E-state index in [1.54, 1.807) is 51.2 Å². The van der Waals surface area contributed by atoms with E-state index in [1.165, 1.54) is 0 Å². The van der Waals surface area contributed by atoms with Crippen LogP contribution in [0.2, 0.25) is 0 Å². The van der Waals surface area contributed by atoms with Crippen LogP contribution >= 0.6 is 0 Å². The average Bonchev–Trinajstić information content (AvgIpc) is 2.46. The highest BCUT2D eigenvalue weighted by Crippen LogP contribution is 2.17. The fraction of sp³-hybridized carbons (Fsp3) is 0.154. The minimum atomic E-state index is 0.579. The first kappa shape index (κ1) is 12.0. The molecule has 5 heteroatoms. The second-order valence-electron chi connectivity index (χ2n) is 3.48. The van der Waals surface area contributed by atoms with Gasteiger partial charge in [-0.1, -0.05) is 0 Å². The van der Waals surface area contributed by atoms with Gasteiger partial charge in [-0.2, -0.15) is 0 Å². The molecule has 2 aromatic heterocycles. The van der Waals surface area contributed by atoms with Crippen molar-refractivity contribution in [3.8, 4) is 11.6 Å².